The molecule has 0 aliphatic carbocycles. The standard InChI is InChI=1S/C10H10F3NOS/c1-16-5-3-9(15)7-6-14-4-2-8(7)10(11,12)13/h2,4,6H,3,5H2,1H3. The van der Waals surface area contributed by atoms with Gasteiger partial charge in [0, 0.05) is 30.1 Å². The molecule has 0 unspecified atom stereocenters. The van der Waals surface area contributed by atoms with Crippen molar-refractivity contribution < 1.29 is 18.0 Å². The SMILES string of the molecule is CSCCC(=O)c1cnccc1C(F)(F)F. The van der Waals surface area contributed by atoms with E-state index in [0.29, 0.717) is 5.75 Å². The lowest BCUT2D eigenvalue weighted by Gasteiger charge is -2.10. The summed E-state index contributed by atoms with van der Waals surface area (Å²) in [5.41, 5.74) is -1.25. The molecule has 0 fully saturated rings. The zero-order valence-corrected chi connectivity index (χ0v) is 9.36. The van der Waals surface area contributed by atoms with Crippen molar-refractivity contribution in [3.63, 3.8) is 0 Å². The highest BCUT2D eigenvalue weighted by Gasteiger charge is 2.34. The molecule has 0 aromatic carbocycles. The Morgan fingerprint density at radius 3 is 2.75 bits per heavy atom. The molecular weight excluding hydrogens is 239 g/mol. The molecule has 0 aliphatic heterocycles. The molecule has 1 rings (SSSR count). The van der Waals surface area contributed by atoms with Gasteiger partial charge in [-0.2, -0.15) is 24.9 Å². The molecule has 0 N–H and O–H groups in total. The molecule has 0 radical (unpaired) electrons. The summed E-state index contributed by atoms with van der Waals surface area (Å²) in [6.07, 6.45) is -0.607. The van der Waals surface area contributed by atoms with E-state index in [1.54, 1.807) is 6.26 Å². The van der Waals surface area contributed by atoms with E-state index in [2.05, 4.69) is 4.98 Å². The Balaban J connectivity index is 3.00. The van der Waals surface area contributed by atoms with E-state index in [4.69, 9.17) is 0 Å². The Morgan fingerprint density at radius 1 is 1.50 bits per heavy atom. The van der Waals surface area contributed by atoms with Crippen molar-refractivity contribution >= 4 is 17.5 Å². The topological polar surface area (TPSA) is 30.0 Å². The Labute approximate surface area is 95.3 Å². The largest absolute Gasteiger partial charge is 0.417 e. The van der Waals surface area contributed by atoms with E-state index >= 15 is 0 Å². The number of hydrogen-bond donors (Lipinski definition) is 0. The molecule has 88 valence electrons. The Bertz CT molecular complexity index is 379. The second-order valence-corrected chi connectivity index (χ2v) is 4.07. The molecule has 6 heteroatoms. The van der Waals surface area contributed by atoms with Crippen molar-refractivity contribution in [1.29, 1.82) is 0 Å². The third-order valence-corrected chi connectivity index (χ3v) is 2.57. The lowest BCUT2D eigenvalue weighted by molar-refractivity contribution is -0.138. The van der Waals surface area contributed by atoms with Crippen molar-refractivity contribution in [2.75, 3.05) is 12.0 Å². The van der Waals surface area contributed by atoms with Crippen LogP contribution in [0.4, 0.5) is 13.2 Å². The van der Waals surface area contributed by atoms with Crippen LogP contribution >= 0.6 is 11.8 Å². The third-order valence-electron chi connectivity index (χ3n) is 1.96. The maximum Gasteiger partial charge on any atom is 0.417 e. The fourth-order valence-corrected chi connectivity index (χ4v) is 1.58. The molecule has 0 spiro atoms. The van der Waals surface area contributed by atoms with Gasteiger partial charge in [-0.05, 0) is 12.3 Å². The number of rotatable bonds is 4. The van der Waals surface area contributed by atoms with Gasteiger partial charge >= 0.3 is 6.18 Å². The number of carbonyl (C=O) groups excluding carboxylic acids is 1. The molecule has 0 bridgehead atoms. The van der Waals surface area contributed by atoms with E-state index in [9.17, 15) is 18.0 Å². The van der Waals surface area contributed by atoms with Crippen LogP contribution in [0.5, 0.6) is 0 Å². The van der Waals surface area contributed by atoms with Crippen molar-refractivity contribution in [2.24, 2.45) is 0 Å². The number of thioether (sulfide) groups is 1. The van der Waals surface area contributed by atoms with Crippen LogP contribution in [0.15, 0.2) is 18.5 Å². The minimum Gasteiger partial charge on any atom is -0.294 e. The minimum atomic E-state index is -4.51. The lowest BCUT2D eigenvalue weighted by atomic mass is 10.0. The Hall–Kier alpha value is -1.04. The maximum atomic E-state index is 12.5. The van der Waals surface area contributed by atoms with E-state index in [0.717, 1.165) is 18.5 Å². The summed E-state index contributed by atoms with van der Waals surface area (Å²) in [6.45, 7) is 0. The normalized spacial score (nSPS) is 11.5. The van der Waals surface area contributed by atoms with Gasteiger partial charge in [0.15, 0.2) is 5.78 Å². The first-order chi connectivity index (χ1) is 7.46. The van der Waals surface area contributed by atoms with Crippen molar-refractivity contribution in [2.45, 2.75) is 12.6 Å². The summed E-state index contributed by atoms with van der Waals surface area (Å²) in [5, 5.41) is 0. The maximum absolute atomic E-state index is 12.5. The molecule has 0 saturated heterocycles. The Morgan fingerprint density at radius 2 is 2.19 bits per heavy atom. The van der Waals surface area contributed by atoms with Crippen LogP contribution in [0.2, 0.25) is 0 Å². The quantitative estimate of drug-likeness (QED) is 0.768. The van der Waals surface area contributed by atoms with Gasteiger partial charge in [-0.1, -0.05) is 0 Å². The number of nitrogens with zero attached hydrogens (tertiary/aromatic N) is 1. The molecule has 1 aromatic rings. The molecule has 0 amide bonds. The summed E-state index contributed by atoms with van der Waals surface area (Å²) in [4.78, 5) is 15.1. The van der Waals surface area contributed by atoms with E-state index in [1.807, 2.05) is 0 Å². The number of pyridine rings is 1. The lowest BCUT2D eigenvalue weighted by Crippen LogP contribution is -2.13. The van der Waals surface area contributed by atoms with Crippen LogP contribution in [0, 0.1) is 0 Å². The molecule has 0 aliphatic rings. The van der Waals surface area contributed by atoms with Crippen molar-refractivity contribution in [1.82, 2.24) is 4.98 Å². The average molecular weight is 249 g/mol. The fraction of sp³-hybridized carbons (Fsp3) is 0.400. The van der Waals surface area contributed by atoms with Crippen molar-refractivity contribution in [3.05, 3.63) is 29.6 Å². The number of aromatic nitrogens is 1. The highest BCUT2D eigenvalue weighted by atomic mass is 32.2. The zero-order valence-electron chi connectivity index (χ0n) is 8.54. The van der Waals surface area contributed by atoms with Crippen LogP contribution in [-0.2, 0) is 6.18 Å². The van der Waals surface area contributed by atoms with E-state index < -0.39 is 17.5 Å². The summed E-state index contributed by atoms with van der Waals surface area (Å²) >= 11 is 1.42. The van der Waals surface area contributed by atoms with Crippen molar-refractivity contribution in [3.8, 4) is 0 Å². The summed E-state index contributed by atoms with van der Waals surface area (Å²) < 4.78 is 37.6. The first-order valence-corrected chi connectivity index (χ1v) is 5.89. The number of Topliss-reactive ketones (excluding diaryl/α,β-unsaturated/α-hetero) is 1. The van der Waals surface area contributed by atoms with Crippen LogP contribution in [0.1, 0.15) is 22.3 Å². The number of ketones is 1. The molecule has 2 nitrogen and oxygen atoms in total. The number of alkyl halides is 3. The van der Waals surface area contributed by atoms with Crippen LogP contribution in [0.25, 0.3) is 0 Å². The first-order valence-electron chi connectivity index (χ1n) is 4.50. The minimum absolute atomic E-state index is 0.0932. The number of carbonyl (C=O) groups is 1. The highest BCUT2D eigenvalue weighted by molar-refractivity contribution is 7.98. The zero-order chi connectivity index (χ0) is 12.2. The van der Waals surface area contributed by atoms with Gasteiger partial charge < -0.3 is 0 Å². The third kappa shape index (κ3) is 3.23. The molecular formula is C10H10F3NOS. The van der Waals surface area contributed by atoms with Gasteiger partial charge in [0.25, 0.3) is 0 Å². The van der Waals surface area contributed by atoms with Gasteiger partial charge in [-0.25, -0.2) is 0 Å². The second-order valence-electron chi connectivity index (χ2n) is 3.08. The second kappa shape index (κ2) is 5.34. The van der Waals surface area contributed by atoms with Crippen LogP contribution < -0.4 is 0 Å². The van der Waals surface area contributed by atoms with Gasteiger partial charge in [0.1, 0.15) is 0 Å². The van der Waals surface area contributed by atoms with Crippen LogP contribution in [0.3, 0.4) is 0 Å². The Kier molecular flexibility index (Phi) is 4.35. The monoisotopic (exact) mass is 249 g/mol. The smallest absolute Gasteiger partial charge is 0.294 e. The predicted octanol–water partition coefficient (Wildman–Crippen LogP) is 3.04. The van der Waals surface area contributed by atoms with Gasteiger partial charge in [0.05, 0.1) is 5.56 Å². The number of hydrogen-bond acceptors (Lipinski definition) is 3. The highest BCUT2D eigenvalue weighted by Crippen LogP contribution is 2.31. The van der Waals surface area contributed by atoms with Gasteiger partial charge in [-0.15, -0.1) is 0 Å². The molecule has 0 atom stereocenters. The van der Waals surface area contributed by atoms with E-state index in [-0.39, 0.29) is 12.0 Å². The van der Waals surface area contributed by atoms with E-state index in [1.165, 1.54) is 11.8 Å². The summed E-state index contributed by atoms with van der Waals surface area (Å²) in [6, 6.07) is 0.826. The molecule has 1 aromatic heterocycles. The average Bonchev–Trinajstić information content (AvgIpc) is 2.24. The van der Waals surface area contributed by atoms with Gasteiger partial charge in [0.2, 0.25) is 0 Å². The fourth-order valence-electron chi connectivity index (χ4n) is 1.19. The summed E-state index contributed by atoms with van der Waals surface area (Å²) in [7, 11) is 0. The van der Waals surface area contributed by atoms with Gasteiger partial charge in [-0.3, -0.25) is 9.78 Å². The molecule has 1 heterocycles. The summed E-state index contributed by atoms with van der Waals surface area (Å²) in [5.74, 6) is -0.0137. The molecule has 16 heavy (non-hydrogen) atoms. The molecule has 0 saturated carbocycles. The number of halogens is 3. The predicted molar refractivity (Wildman–Crippen MR) is 56.6 cm³/mol. The van der Waals surface area contributed by atoms with Crippen LogP contribution in [-0.4, -0.2) is 22.8 Å². The first kappa shape index (κ1) is 13.0.